The number of hydrogen-bond donors (Lipinski definition) is 0. The van der Waals surface area contributed by atoms with Gasteiger partial charge in [0.05, 0.1) is 11.3 Å². The van der Waals surface area contributed by atoms with Gasteiger partial charge in [-0.3, -0.25) is 0 Å². The molecule has 1 heterocycles. The van der Waals surface area contributed by atoms with Crippen LogP contribution >= 0.6 is 27.3 Å². The SMILES string of the molecule is Cc1sc(/C(C#N)=C\c2ccc(Br)cc2)nc1-c1ccccc1. The van der Waals surface area contributed by atoms with Crippen molar-refractivity contribution < 1.29 is 0 Å². The summed E-state index contributed by atoms with van der Waals surface area (Å²) in [4.78, 5) is 5.80. The van der Waals surface area contributed by atoms with Crippen molar-refractivity contribution in [3.05, 3.63) is 74.5 Å². The lowest BCUT2D eigenvalue weighted by molar-refractivity contribution is 1.34. The van der Waals surface area contributed by atoms with Gasteiger partial charge in [-0.05, 0) is 30.7 Å². The van der Waals surface area contributed by atoms with Crippen molar-refractivity contribution in [1.82, 2.24) is 4.98 Å². The Morgan fingerprint density at radius 1 is 1.13 bits per heavy atom. The van der Waals surface area contributed by atoms with E-state index in [1.165, 1.54) is 0 Å². The second-order valence-corrected chi connectivity index (χ2v) is 7.13. The number of halogens is 1. The highest BCUT2D eigenvalue weighted by Crippen LogP contribution is 2.31. The molecule has 0 saturated heterocycles. The molecule has 0 bridgehead atoms. The first kappa shape index (κ1) is 15.7. The van der Waals surface area contributed by atoms with E-state index >= 15 is 0 Å². The molecule has 3 rings (SSSR count). The Morgan fingerprint density at radius 3 is 2.48 bits per heavy atom. The van der Waals surface area contributed by atoms with Crippen LogP contribution in [-0.2, 0) is 0 Å². The summed E-state index contributed by atoms with van der Waals surface area (Å²) in [5, 5.41) is 10.3. The van der Waals surface area contributed by atoms with Crippen LogP contribution in [0, 0.1) is 18.3 Å². The third-order valence-corrected chi connectivity index (χ3v) is 4.91. The Balaban J connectivity index is 2.00. The van der Waals surface area contributed by atoms with Crippen LogP contribution in [0.3, 0.4) is 0 Å². The molecule has 0 radical (unpaired) electrons. The Labute approximate surface area is 147 Å². The summed E-state index contributed by atoms with van der Waals surface area (Å²) in [6.07, 6.45) is 1.87. The van der Waals surface area contributed by atoms with Gasteiger partial charge in [0.1, 0.15) is 11.1 Å². The van der Waals surface area contributed by atoms with Gasteiger partial charge < -0.3 is 0 Å². The highest BCUT2D eigenvalue weighted by atomic mass is 79.9. The molecule has 2 nitrogen and oxygen atoms in total. The minimum absolute atomic E-state index is 0.586. The van der Waals surface area contributed by atoms with E-state index in [2.05, 4.69) is 27.0 Å². The van der Waals surface area contributed by atoms with Gasteiger partial charge in [-0.15, -0.1) is 11.3 Å². The molecule has 0 unspecified atom stereocenters. The Bertz CT molecular complexity index is 887. The van der Waals surface area contributed by atoms with E-state index in [0.29, 0.717) is 5.57 Å². The predicted molar refractivity (Wildman–Crippen MR) is 99.9 cm³/mol. The van der Waals surface area contributed by atoms with Gasteiger partial charge in [0.2, 0.25) is 0 Å². The minimum atomic E-state index is 0.586. The zero-order chi connectivity index (χ0) is 16.2. The number of nitrogens with zero attached hydrogens (tertiary/aromatic N) is 2. The van der Waals surface area contributed by atoms with Gasteiger partial charge in [-0.25, -0.2) is 4.98 Å². The summed E-state index contributed by atoms with van der Waals surface area (Å²) in [6, 6.07) is 20.2. The lowest BCUT2D eigenvalue weighted by Gasteiger charge is -1.97. The average molecular weight is 381 g/mol. The van der Waals surface area contributed by atoms with Crippen molar-refractivity contribution in [2.75, 3.05) is 0 Å². The number of hydrogen-bond acceptors (Lipinski definition) is 3. The van der Waals surface area contributed by atoms with E-state index in [4.69, 9.17) is 0 Å². The standard InChI is InChI=1S/C19H13BrN2S/c1-13-18(15-5-3-2-4-6-15)22-19(23-13)16(12-21)11-14-7-9-17(20)10-8-14/h2-11H,1H3/b16-11-. The fourth-order valence-corrected chi connectivity index (χ4v) is 3.41. The maximum Gasteiger partial charge on any atom is 0.134 e. The third kappa shape index (κ3) is 3.58. The second kappa shape index (κ2) is 6.91. The Morgan fingerprint density at radius 2 is 1.83 bits per heavy atom. The fraction of sp³-hybridized carbons (Fsp3) is 0.0526. The lowest BCUT2D eigenvalue weighted by atomic mass is 10.1. The van der Waals surface area contributed by atoms with Gasteiger partial charge in [0.15, 0.2) is 0 Å². The molecule has 0 atom stereocenters. The quantitative estimate of drug-likeness (QED) is 0.526. The number of thiazole rings is 1. The number of aromatic nitrogens is 1. The highest BCUT2D eigenvalue weighted by Gasteiger charge is 2.12. The summed E-state index contributed by atoms with van der Waals surface area (Å²) in [5.74, 6) is 0. The molecule has 0 saturated carbocycles. The molecule has 0 fully saturated rings. The molecule has 0 spiro atoms. The van der Waals surface area contributed by atoms with Gasteiger partial charge in [0, 0.05) is 14.9 Å². The van der Waals surface area contributed by atoms with Crippen LogP contribution in [0.25, 0.3) is 22.9 Å². The van der Waals surface area contributed by atoms with E-state index < -0.39 is 0 Å². The van der Waals surface area contributed by atoms with Gasteiger partial charge in [-0.1, -0.05) is 58.4 Å². The first-order chi connectivity index (χ1) is 11.2. The molecule has 1 aromatic heterocycles. The van der Waals surface area contributed by atoms with Crippen molar-refractivity contribution in [2.45, 2.75) is 6.92 Å². The molecular formula is C19H13BrN2S. The minimum Gasteiger partial charge on any atom is -0.235 e. The smallest absolute Gasteiger partial charge is 0.134 e. The molecular weight excluding hydrogens is 368 g/mol. The summed E-state index contributed by atoms with van der Waals surface area (Å²) >= 11 is 4.97. The maximum absolute atomic E-state index is 9.51. The molecule has 0 aliphatic carbocycles. The van der Waals surface area contributed by atoms with Crippen molar-refractivity contribution >= 4 is 38.9 Å². The molecule has 2 aromatic carbocycles. The first-order valence-electron chi connectivity index (χ1n) is 7.08. The predicted octanol–water partition coefficient (Wildman–Crippen LogP) is 5.95. The Kier molecular flexibility index (Phi) is 4.71. The zero-order valence-corrected chi connectivity index (χ0v) is 14.9. The normalized spacial score (nSPS) is 11.3. The molecule has 23 heavy (non-hydrogen) atoms. The van der Waals surface area contributed by atoms with E-state index in [9.17, 15) is 5.26 Å². The van der Waals surface area contributed by atoms with E-state index in [-0.39, 0.29) is 0 Å². The molecule has 0 aliphatic rings. The zero-order valence-electron chi connectivity index (χ0n) is 12.5. The van der Waals surface area contributed by atoms with Crippen molar-refractivity contribution in [2.24, 2.45) is 0 Å². The van der Waals surface area contributed by atoms with Gasteiger partial charge in [0.25, 0.3) is 0 Å². The molecule has 3 aromatic rings. The van der Waals surface area contributed by atoms with Crippen molar-refractivity contribution in [1.29, 1.82) is 5.26 Å². The molecule has 0 amide bonds. The van der Waals surface area contributed by atoms with E-state index in [1.807, 2.05) is 67.6 Å². The molecule has 0 aliphatic heterocycles. The van der Waals surface area contributed by atoms with Crippen molar-refractivity contribution in [3.63, 3.8) is 0 Å². The first-order valence-corrected chi connectivity index (χ1v) is 8.69. The number of aryl methyl sites for hydroxylation is 1. The number of allylic oxidation sites excluding steroid dienone is 1. The highest BCUT2D eigenvalue weighted by molar-refractivity contribution is 9.10. The molecule has 4 heteroatoms. The lowest BCUT2D eigenvalue weighted by Crippen LogP contribution is -1.83. The van der Waals surface area contributed by atoms with Gasteiger partial charge >= 0.3 is 0 Å². The van der Waals surface area contributed by atoms with Crippen LogP contribution < -0.4 is 0 Å². The van der Waals surface area contributed by atoms with Crippen LogP contribution in [0.15, 0.2) is 59.1 Å². The van der Waals surface area contributed by atoms with E-state index in [1.54, 1.807) is 11.3 Å². The fourth-order valence-electron chi connectivity index (χ4n) is 2.24. The Hall–Kier alpha value is -2.22. The van der Waals surface area contributed by atoms with Crippen LogP contribution in [0.5, 0.6) is 0 Å². The third-order valence-electron chi connectivity index (χ3n) is 3.38. The summed E-state index contributed by atoms with van der Waals surface area (Å²) < 4.78 is 1.02. The molecule has 0 N–H and O–H groups in total. The maximum atomic E-state index is 9.51. The van der Waals surface area contributed by atoms with E-state index in [0.717, 1.165) is 31.2 Å². The summed E-state index contributed by atoms with van der Waals surface area (Å²) in [5.41, 5.74) is 3.59. The number of nitriles is 1. The largest absolute Gasteiger partial charge is 0.235 e. The second-order valence-electron chi connectivity index (χ2n) is 5.01. The average Bonchev–Trinajstić information content (AvgIpc) is 2.97. The summed E-state index contributed by atoms with van der Waals surface area (Å²) in [7, 11) is 0. The summed E-state index contributed by atoms with van der Waals surface area (Å²) in [6.45, 7) is 2.04. The van der Waals surface area contributed by atoms with Crippen molar-refractivity contribution in [3.8, 4) is 17.3 Å². The topological polar surface area (TPSA) is 36.7 Å². The number of rotatable bonds is 3. The number of benzene rings is 2. The monoisotopic (exact) mass is 380 g/mol. The molecule has 112 valence electrons. The van der Waals surface area contributed by atoms with Crippen LogP contribution in [0.2, 0.25) is 0 Å². The van der Waals surface area contributed by atoms with Crippen LogP contribution in [-0.4, -0.2) is 4.98 Å². The van der Waals surface area contributed by atoms with Crippen LogP contribution in [0.4, 0.5) is 0 Å². The van der Waals surface area contributed by atoms with Crippen LogP contribution in [0.1, 0.15) is 15.4 Å². The van der Waals surface area contributed by atoms with Gasteiger partial charge in [-0.2, -0.15) is 5.26 Å².